The molecule has 0 unspecified atom stereocenters. The van der Waals surface area contributed by atoms with E-state index in [1.807, 2.05) is 0 Å². The zero-order chi connectivity index (χ0) is 14.5. The number of nitrogens with one attached hydrogen (secondary N) is 1. The van der Waals surface area contributed by atoms with E-state index in [0.29, 0.717) is 6.54 Å². The predicted octanol–water partition coefficient (Wildman–Crippen LogP) is 4.57. The molecule has 0 saturated heterocycles. The molecular weight excluding hydrogens is 298 g/mol. The minimum atomic E-state index is -0.525. The Morgan fingerprint density at radius 1 is 1.00 bits per heavy atom. The molecule has 1 aliphatic carbocycles. The molecule has 4 heteroatoms. The Kier molecular flexibility index (Phi) is 5.11. The van der Waals surface area contributed by atoms with Crippen molar-refractivity contribution in [2.24, 2.45) is 0 Å². The minimum absolute atomic E-state index is 0.220. The van der Waals surface area contributed by atoms with E-state index in [2.05, 4.69) is 40.3 Å². The first kappa shape index (κ1) is 15.2. The summed E-state index contributed by atoms with van der Waals surface area (Å²) in [5, 5.41) is 18.7. The molecule has 21 heavy (non-hydrogen) atoms. The molecular formula is C17H23NOS2. The number of rotatable bonds is 5. The van der Waals surface area contributed by atoms with Gasteiger partial charge in [0.2, 0.25) is 0 Å². The maximum Gasteiger partial charge on any atom is 0.0771 e. The summed E-state index contributed by atoms with van der Waals surface area (Å²) in [5.41, 5.74) is -0.525. The van der Waals surface area contributed by atoms with E-state index in [9.17, 15) is 5.11 Å². The van der Waals surface area contributed by atoms with Crippen LogP contribution in [0.1, 0.15) is 54.3 Å². The quantitative estimate of drug-likeness (QED) is 0.790. The normalized spacial score (nSPS) is 18.8. The summed E-state index contributed by atoms with van der Waals surface area (Å²) in [6.07, 6.45) is 6.70. The lowest BCUT2D eigenvalue weighted by Gasteiger charge is -2.29. The Balaban J connectivity index is 1.70. The first-order valence-electron chi connectivity index (χ1n) is 7.79. The van der Waals surface area contributed by atoms with Crippen molar-refractivity contribution in [1.29, 1.82) is 0 Å². The highest BCUT2D eigenvalue weighted by molar-refractivity contribution is 7.11. The van der Waals surface area contributed by atoms with Crippen molar-refractivity contribution in [3.05, 3.63) is 44.8 Å². The molecule has 0 aromatic carbocycles. The molecule has 1 saturated carbocycles. The van der Waals surface area contributed by atoms with Crippen LogP contribution in [0, 0.1) is 0 Å². The van der Waals surface area contributed by atoms with Gasteiger partial charge in [0.1, 0.15) is 0 Å². The summed E-state index contributed by atoms with van der Waals surface area (Å²) in [6, 6.07) is 8.78. The van der Waals surface area contributed by atoms with E-state index in [0.717, 1.165) is 25.7 Å². The first-order valence-corrected chi connectivity index (χ1v) is 9.55. The molecule has 0 amide bonds. The number of hydrogen-bond donors (Lipinski definition) is 2. The van der Waals surface area contributed by atoms with Crippen LogP contribution in [0.25, 0.3) is 0 Å². The Morgan fingerprint density at radius 3 is 2.05 bits per heavy atom. The van der Waals surface area contributed by atoms with Gasteiger partial charge in [-0.15, -0.1) is 22.7 Å². The average molecular weight is 322 g/mol. The first-order chi connectivity index (χ1) is 10.3. The summed E-state index contributed by atoms with van der Waals surface area (Å²) in [4.78, 5) is 2.66. The molecule has 114 valence electrons. The molecule has 1 aliphatic rings. The zero-order valence-electron chi connectivity index (χ0n) is 12.3. The van der Waals surface area contributed by atoms with E-state index in [1.54, 1.807) is 22.7 Å². The molecule has 1 fully saturated rings. The van der Waals surface area contributed by atoms with Crippen LogP contribution in [-0.2, 0) is 0 Å². The maximum atomic E-state index is 10.8. The zero-order valence-corrected chi connectivity index (χ0v) is 13.9. The molecule has 0 atom stereocenters. The van der Waals surface area contributed by atoms with Crippen LogP contribution >= 0.6 is 22.7 Å². The summed E-state index contributed by atoms with van der Waals surface area (Å²) in [6.45, 7) is 0.688. The van der Waals surface area contributed by atoms with Gasteiger partial charge in [0.25, 0.3) is 0 Å². The van der Waals surface area contributed by atoms with Gasteiger partial charge in [0.05, 0.1) is 11.6 Å². The second kappa shape index (κ2) is 7.05. The minimum Gasteiger partial charge on any atom is -0.389 e. The fourth-order valence-electron chi connectivity index (χ4n) is 3.11. The SMILES string of the molecule is OC1(CNC(c2cccs2)c2cccs2)CCCCCC1. The van der Waals surface area contributed by atoms with Gasteiger partial charge in [-0.1, -0.05) is 37.8 Å². The summed E-state index contributed by atoms with van der Waals surface area (Å²) in [5.74, 6) is 0. The monoisotopic (exact) mass is 321 g/mol. The highest BCUT2D eigenvalue weighted by Crippen LogP contribution is 2.31. The van der Waals surface area contributed by atoms with E-state index >= 15 is 0 Å². The molecule has 2 heterocycles. The standard InChI is InChI=1S/C17H23NOS2/c19-17(9-3-1-2-4-10-17)13-18-16(14-7-5-11-20-14)15-8-6-12-21-15/h5-8,11-12,16,18-19H,1-4,9-10,13H2. The third-order valence-electron chi connectivity index (χ3n) is 4.32. The molecule has 2 N–H and O–H groups in total. The Morgan fingerprint density at radius 2 is 1.57 bits per heavy atom. The lowest BCUT2D eigenvalue weighted by atomic mass is 9.94. The smallest absolute Gasteiger partial charge is 0.0771 e. The van der Waals surface area contributed by atoms with Crippen LogP contribution in [0.15, 0.2) is 35.0 Å². The Bertz CT molecular complexity index is 479. The summed E-state index contributed by atoms with van der Waals surface area (Å²) < 4.78 is 0. The highest BCUT2D eigenvalue weighted by atomic mass is 32.1. The molecule has 2 aromatic rings. The fourth-order valence-corrected chi connectivity index (χ4v) is 4.82. The molecule has 0 spiro atoms. The van der Waals surface area contributed by atoms with E-state index in [-0.39, 0.29) is 6.04 Å². The van der Waals surface area contributed by atoms with Gasteiger partial charge in [-0.25, -0.2) is 0 Å². The van der Waals surface area contributed by atoms with Gasteiger partial charge < -0.3 is 10.4 Å². The Labute approximate surface area is 134 Å². The third-order valence-corrected chi connectivity index (χ3v) is 6.20. The topological polar surface area (TPSA) is 32.3 Å². The van der Waals surface area contributed by atoms with Crippen LogP contribution in [0.4, 0.5) is 0 Å². The van der Waals surface area contributed by atoms with Gasteiger partial charge in [-0.2, -0.15) is 0 Å². The second-order valence-corrected chi connectivity index (χ2v) is 7.94. The Hall–Kier alpha value is -0.680. The molecule has 3 rings (SSSR count). The van der Waals surface area contributed by atoms with Crippen molar-refractivity contribution in [1.82, 2.24) is 5.32 Å². The predicted molar refractivity (Wildman–Crippen MR) is 91.1 cm³/mol. The fraction of sp³-hybridized carbons (Fsp3) is 0.529. The number of hydrogen-bond acceptors (Lipinski definition) is 4. The molecule has 0 aliphatic heterocycles. The van der Waals surface area contributed by atoms with Gasteiger partial charge in [0, 0.05) is 16.3 Å². The second-order valence-electron chi connectivity index (χ2n) is 5.98. The summed E-state index contributed by atoms with van der Waals surface area (Å²) in [7, 11) is 0. The lowest BCUT2D eigenvalue weighted by Crippen LogP contribution is -2.41. The average Bonchev–Trinajstić information content (AvgIpc) is 3.14. The van der Waals surface area contributed by atoms with E-state index in [1.165, 1.54) is 22.6 Å². The van der Waals surface area contributed by atoms with Crippen molar-refractivity contribution in [3.63, 3.8) is 0 Å². The van der Waals surface area contributed by atoms with Crippen LogP contribution in [0.3, 0.4) is 0 Å². The third kappa shape index (κ3) is 3.95. The van der Waals surface area contributed by atoms with Crippen molar-refractivity contribution in [2.75, 3.05) is 6.54 Å². The lowest BCUT2D eigenvalue weighted by molar-refractivity contribution is 0.0238. The van der Waals surface area contributed by atoms with E-state index in [4.69, 9.17) is 0 Å². The van der Waals surface area contributed by atoms with Gasteiger partial charge >= 0.3 is 0 Å². The van der Waals surface area contributed by atoms with E-state index < -0.39 is 5.60 Å². The van der Waals surface area contributed by atoms with Crippen molar-refractivity contribution in [3.8, 4) is 0 Å². The van der Waals surface area contributed by atoms with Crippen LogP contribution in [0.5, 0.6) is 0 Å². The largest absolute Gasteiger partial charge is 0.389 e. The van der Waals surface area contributed by atoms with Crippen LogP contribution in [-0.4, -0.2) is 17.3 Å². The van der Waals surface area contributed by atoms with Gasteiger partial charge in [-0.3, -0.25) is 0 Å². The van der Waals surface area contributed by atoms with Crippen molar-refractivity contribution < 1.29 is 5.11 Å². The highest BCUT2D eigenvalue weighted by Gasteiger charge is 2.29. The number of aliphatic hydroxyl groups is 1. The van der Waals surface area contributed by atoms with Crippen LogP contribution in [0.2, 0.25) is 0 Å². The molecule has 2 nitrogen and oxygen atoms in total. The van der Waals surface area contributed by atoms with Gasteiger partial charge in [-0.05, 0) is 35.7 Å². The molecule has 2 aromatic heterocycles. The molecule has 0 bridgehead atoms. The maximum absolute atomic E-state index is 10.8. The van der Waals surface area contributed by atoms with Crippen molar-refractivity contribution in [2.45, 2.75) is 50.2 Å². The van der Waals surface area contributed by atoms with Crippen LogP contribution < -0.4 is 5.32 Å². The summed E-state index contributed by atoms with van der Waals surface area (Å²) >= 11 is 3.56. The number of thiophene rings is 2. The van der Waals surface area contributed by atoms with Crippen molar-refractivity contribution >= 4 is 22.7 Å². The van der Waals surface area contributed by atoms with Gasteiger partial charge in [0.15, 0.2) is 0 Å². The molecule has 0 radical (unpaired) electrons.